The zero-order valence-electron chi connectivity index (χ0n) is 7.05. The van der Waals surface area contributed by atoms with Gasteiger partial charge in [-0.2, -0.15) is 9.97 Å². The fourth-order valence-corrected chi connectivity index (χ4v) is 0.695. The molecule has 0 aliphatic rings. The highest BCUT2D eigenvalue weighted by atomic mass is 15.1. The van der Waals surface area contributed by atoms with Gasteiger partial charge in [-0.25, -0.2) is 4.98 Å². The molecule has 0 amide bonds. The van der Waals surface area contributed by atoms with Gasteiger partial charge in [-0.1, -0.05) is 6.92 Å². The van der Waals surface area contributed by atoms with Crippen LogP contribution in [-0.4, -0.2) is 15.0 Å². The highest BCUT2D eigenvalue weighted by Gasteiger charge is 1.96. The summed E-state index contributed by atoms with van der Waals surface area (Å²) in [4.78, 5) is 11.9. The largest absolute Gasteiger partial charge is 0.368 e. The summed E-state index contributed by atoms with van der Waals surface area (Å²) in [6.07, 6.45) is 0.762. The van der Waals surface area contributed by atoms with Crippen LogP contribution in [0, 0.1) is 6.92 Å². The molecule has 1 heterocycles. The molecule has 1 aromatic rings. The smallest absolute Gasteiger partial charge is 0.223 e. The minimum Gasteiger partial charge on any atom is -0.368 e. The first-order valence-corrected chi connectivity index (χ1v) is 3.15. The summed E-state index contributed by atoms with van der Waals surface area (Å²) in [5, 5.41) is 0. The summed E-state index contributed by atoms with van der Waals surface area (Å²) in [6.45, 7) is 3.74. The van der Waals surface area contributed by atoms with Crippen molar-refractivity contribution in [2.75, 3.05) is 5.73 Å². The molecule has 1 rings (SSSR count). The fraction of sp³-hybridized carbons (Fsp3) is 0.500. The Morgan fingerprint density at radius 3 is 2.90 bits per heavy atom. The maximum atomic E-state index is 6.81. The average molecular weight is 140 g/mol. The Bertz CT molecular complexity index is 228. The lowest BCUT2D eigenvalue weighted by atomic mass is 10.4. The van der Waals surface area contributed by atoms with E-state index in [9.17, 15) is 0 Å². The van der Waals surface area contributed by atoms with Crippen molar-refractivity contribution in [2.45, 2.75) is 20.3 Å². The first-order valence-electron chi connectivity index (χ1n) is 3.65. The molecule has 0 spiro atoms. The SMILES string of the molecule is [3H]Nc1nc(C)nc(CC)n1. The summed E-state index contributed by atoms with van der Waals surface area (Å²) in [5.41, 5.74) is 2.13. The van der Waals surface area contributed by atoms with Gasteiger partial charge in [0.15, 0.2) is 1.41 Å². The lowest BCUT2D eigenvalue weighted by Gasteiger charge is -1.96. The summed E-state index contributed by atoms with van der Waals surface area (Å²) in [6, 6.07) is 0. The van der Waals surface area contributed by atoms with Gasteiger partial charge in [0, 0.05) is 6.42 Å². The molecule has 0 saturated heterocycles. The molecule has 0 aromatic carbocycles. The predicted molar refractivity (Wildman–Crippen MR) is 38.4 cm³/mol. The van der Waals surface area contributed by atoms with Crippen LogP contribution in [0.2, 0.25) is 1.41 Å². The van der Waals surface area contributed by atoms with Crippen molar-refractivity contribution in [3.63, 3.8) is 0 Å². The molecule has 0 unspecified atom stereocenters. The second kappa shape index (κ2) is 2.60. The van der Waals surface area contributed by atoms with E-state index in [1.807, 2.05) is 6.92 Å². The number of nitrogens with zero attached hydrogens (tertiary/aromatic N) is 3. The van der Waals surface area contributed by atoms with E-state index < -0.39 is 0 Å². The van der Waals surface area contributed by atoms with Crippen molar-refractivity contribution in [3.05, 3.63) is 11.6 Å². The van der Waals surface area contributed by atoms with Gasteiger partial charge in [0.25, 0.3) is 0 Å². The van der Waals surface area contributed by atoms with Crippen LogP contribution in [0.5, 0.6) is 0 Å². The molecule has 4 nitrogen and oxygen atoms in total. The second-order valence-corrected chi connectivity index (χ2v) is 1.98. The van der Waals surface area contributed by atoms with Crippen LogP contribution in [-0.2, 0) is 6.42 Å². The number of rotatable bonds is 2. The standard InChI is InChI=1S/C6H10N4/c1-3-5-8-4(2)9-6(7)10-5/h3H2,1-2H3,(H2,7,8,9,10)/i/hT. The molecule has 0 bridgehead atoms. The average Bonchev–Trinajstić information content (AvgIpc) is 2.03. The first-order chi connectivity index (χ1) is 5.26. The second-order valence-electron chi connectivity index (χ2n) is 1.98. The lowest BCUT2D eigenvalue weighted by molar-refractivity contribution is 0.873. The van der Waals surface area contributed by atoms with Crippen molar-refractivity contribution in [3.8, 4) is 0 Å². The van der Waals surface area contributed by atoms with E-state index in [1.165, 1.54) is 0 Å². The number of anilines is 1. The van der Waals surface area contributed by atoms with Gasteiger partial charge in [0.05, 0.1) is 0 Å². The number of hydrogen-bond acceptors (Lipinski definition) is 4. The van der Waals surface area contributed by atoms with E-state index in [1.54, 1.807) is 6.92 Å². The zero-order valence-corrected chi connectivity index (χ0v) is 6.05. The molecular weight excluding hydrogens is 128 g/mol. The van der Waals surface area contributed by atoms with Crippen LogP contribution in [0.25, 0.3) is 0 Å². The summed E-state index contributed by atoms with van der Waals surface area (Å²) >= 11 is 0. The Balaban J connectivity index is 3.02. The van der Waals surface area contributed by atoms with Gasteiger partial charge in [0.1, 0.15) is 11.6 Å². The molecule has 0 aliphatic heterocycles. The Kier molecular flexibility index (Phi) is 1.45. The Labute approximate surface area is 61.0 Å². The summed E-state index contributed by atoms with van der Waals surface area (Å²) in [7, 11) is 0. The quantitative estimate of drug-likeness (QED) is 0.642. The van der Waals surface area contributed by atoms with E-state index in [4.69, 9.17) is 1.41 Å². The van der Waals surface area contributed by atoms with Crippen LogP contribution in [0.3, 0.4) is 0 Å². The number of aryl methyl sites for hydroxylation is 2. The highest BCUT2D eigenvalue weighted by Crippen LogP contribution is 1.95. The fourth-order valence-electron chi connectivity index (χ4n) is 0.695. The predicted octanol–water partition coefficient (Wildman–Crippen LogP) is 0.325. The molecule has 0 saturated carbocycles. The summed E-state index contributed by atoms with van der Waals surface area (Å²) < 4.78 is 6.81. The topological polar surface area (TPSA) is 64.7 Å². The minimum absolute atomic E-state index is 0.314. The third kappa shape index (κ3) is 1.40. The molecule has 0 aliphatic carbocycles. The molecule has 4 heteroatoms. The maximum absolute atomic E-state index is 6.81. The molecular formula is C6H10N4. The van der Waals surface area contributed by atoms with Crippen molar-refractivity contribution in [1.29, 1.82) is 0 Å². The number of hydrogen-bond donors (Lipinski definition) is 1. The van der Waals surface area contributed by atoms with Crippen molar-refractivity contribution in [1.82, 2.24) is 15.0 Å². The van der Waals surface area contributed by atoms with Gasteiger partial charge in [-0.3, -0.25) is 0 Å². The summed E-state index contributed by atoms with van der Waals surface area (Å²) in [5.74, 6) is 1.67. The Morgan fingerprint density at radius 1 is 1.50 bits per heavy atom. The van der Waals surface area contributed by atoms with Crippen molar-refractivity contribution < 1.29 is 1.41 Å². The normalized spacial score (nSPS) is 10.8. The molecule has 0 atom stereocenters. The van der Waals surface area contributed by atoms with E-state index in [0.717, 1.165) is 6.42 Å². The van der Waals surface area contributed by atoms with E-state index >= 15 is 0 Å². The van der Waals surface area contributed by atoms with Gasteiger partial charge in [-0.05, 0) is 6.92 Å². The Hall–Kier alpha value is -1.19. The van der Waals surface area contributed by atoms with Gasteiger partial charge < -0.3 is 5.73 Å². The monoisotopic (exact) mass is 140 g/mol. The highest BCUT2D eigenvalue weighted by molar-refractivity contribution is 5.15. The maximum Gasteiger partial charge on any atom is 0.223 e. The van der Waals surface area contributed by atoms with Gasteiger partial charge in [-0.15, -0.1) is 0 Å². The van der Waals surface area contributed by atoms with Crippen LogP contribution in [0.15, 0.2) is 0 Å². The van der Waals surface area contributed by atoms with Gasteiger partial charge >= 0.3 is 0 Å². The molecule has 2 N–H and O–H groups in total. The van der Waals surface area contributed by atoms with E-state index in [2.05, 4.69) is 20.7 Å². The molecule has 54 valence electrons. The molecule has 0 fully saturated rings. The number of nitrogen functional groups attached to an aromatic ring is 1. The van der Waals surface area contributed by atoms with Crippen LogP contribution < -0.4 is 5.73 Å². The minimum atomic E-state index is 0.314. The third-order valence-electron chi connectivity index (χ3n) is 1.11. The number of nitrogens with two attached hydrogens (primary N) is 1. The molecule has 0 radical (unpaired) electrons. The third-order valence-corrected chi connectivity index (χ3v) is 1.11. The molecule has 1 aromatic heterocycles. The van der Waals surface area contributed by atoms with Crippen LogP contribution in [0.1, 0.15) is 18.6 Å². The van der Waals surface area contributed by atoms with E-state index in [0.29, 0.717) is 17.6 Å². The lowest BCUT2D eigenvalue weighted by Crippen LogP contribution is -2.03. The van der Waals surface area contributed by atoms with Crippen molar-refractivity contribution >= 4 is 5.95 Å². The van der Waals surface area contributed by atoms with Crippen LogP contribution in [0.4, 0.5) is 5.95 Å². The van der Waals surface area contributed by atoms with Crippen molar-refractivity contribution in [2.24, 2.45) is 0 Å². The first kappa shape index (κ1) is 5.58. The van der Waals surface area contributed by atoms with E-state index in [-0.39, 0.29) is 0 Å². The number of aromatic nitrogens is 3. The van der Waals surface area contributed by atoms with Gasteiger partial charge in [0.2, 0.25) is 5.95 Å². The zero-order chi connectivity index (χ0) is 8.27. The Morgan fingerprint density at radius 2 is 2.30 bits per heavy atom. The van der Waals surface area contributed by atoms with Crippen LogP contribution >= 0.6 is 0 Å². The molecule has 10 heavy (non-hydrogen) atoms.